The van der Waals surface area contributed by atoms with Crippen LogP contribution >= 0.6 is 34.5 Å². The summed E-state index contributed by atoms with van der Waals surface area (Å²) in [5.41, 5.74) is 0.763. The Labute approximate surface area is 131 Å². The molecule has 106 valence electrons. The summed E-state index contributed by atoms with van der Waals surface area (Å²) in [4.78, 5) is 17.4. The maximum atomic E-state index is 6.15. The van der Waals surface area contributed by atoms with Gasteiger partial charge in [-0.15, -0.1) is 11.3 Å². The van der Waals surface area contributed by atoms with Crippen LogP contribution in [0.2, 0.25) is 8.67 Å². The van der Waals surface area contributed by atoms with Gasteiger partial charge in [0.25, 0.3) is 0 Å². The molecule has 3 rings (SSSR count). The first-order valence-electron chi connectivity index (χ1n) is 6.21. The molecule has 0 saturated carbocycles. The van der Waals surface area contributed by atoms with Crippen LogP contribution in [0.25, 0.3) is 11.4 Å². The lowest BCUT2D eigenvalue weighted by Gasteiger charge is -2.32. The minimum atomic E-state index is 0.571. The number of nitrogens with zero attached hydrogens (tertiary/aromatic N) is 5. The van der Waals surface area contributed by atoms with Crippen molar-refractivity contribution in [1.82, 2.24) is 19.9 Å². The topological polar surface area (TPSA) is 45.2 Å². The van der Waals surface area contributed by atoms with E-state index in [9.17, 15) is 0 Å². The summed E-state index contributed by atoms with van der Waals surface area (Å²) in [5.74, 6) is 1.27. The molecular weight excluding hydrogens is 317 g/mol. The quantitative estimate of drug-likeness (QED) is 0.847. The van der Waals surface area contributed by atoms with E-state index < -0.39 is 0 Å². The van der Waals surface area contributed by atoms with Gasteiger partial charge in [0.15, 0.2) is 5.82 Å². The fraction of sp³-hybridized carbons (Fsp3) is 0.417. The molecule has 0 atom stereocenters. The Kier molecular flexibility index (Phi) is 4.07. The Hall–Kier alpha value is -0.950. The number of rotatable bonds is 2. The lowest BCUT2D eigenvalue weighted by molar-refractivity contribution is 0.311. The summed E-state index contributed by atoms with van der Waals surface area (Å²) in [6.07, 6.45) is 1.53. The number of halogens is 2. The second-order valence-corrected chi connectivity index (χ2v) is 6.92. The minimum absolute atomic E-state index is 0.571. The van der Waals surface area contributed by atoms with E-state index in [4.69, 9.17) is 23.2 Å². The summed E-state index contributed by atoms with van der Waals surface area (Å²) < 4.78 is 1.23. The first-order chi connectivity index (χ1) is 9.63. The van der Waals surface area contributed by atoms with Crippen molar-refractivity contribution in [3.63, 3.8) is 0 Å². The number of aromatic nitrogens is 3. The van der Waals surface area contributed by atoms with Crippen LogP contribution in [-0.2, 0) is 0 Å². The van der Waals surface area contributed by atoms with Crippen LogP contribution in [0.3, 0.4) is 0 Å². The first kappa shape index (κ1) is 14.0. The molecule has 1 fully saturated rings. The van der Waals surface area contributed by atoms with E-state index in [-0.39, 0.29) is 0 Å². The second-order valence-electron chi connectivity index (χ2n) is 4.64. The highest BCUT2D eigenvalue weighted by molar-refractivity contribution is 7.20. The molecule has 8 heteroatoms. The molecule has 1 aliphatic rings. The number of likely N-dealkylation sites (N-methyl/N-ethyl adjacent to an activating group) is 1. The summed E-state index contributed by atoms with van der Waals surface area (Å²) in [6, 6.07) is 1.79. The van der Waals surface area contributed by atoms with Crippen LogP contribution in [-0.4, -0.2) is 53.1 Å². The Bertz CT molecular complexity index is 610. The van der Waals surface area contributed by atoms with E-state index in [1.165, 1.54) is 17.7 Å². The molecule has 2 aromatic rings. The van der Waals surface area contributed by atoms with Crippen molar-refractivity contribution in [3.05, 3.63) is 21.1 Å². The van der Waals surface area contributed by atoms with Crippen LogP contribution in [0.15, 0.2) is 12.4 Å². The lowest BCUT2D eigenvalue weighted by Crippen LogP contribution is -2.45. The molecule has 5 nitrogen and oxygen atoms in total. The van der Waals surface area contributed by atoms with Crippen molar-refractivity contribution in [2.75, 3.05) is 38.1 Å². The molecule has 0 bridgehead atoms. The van der Waals surface area contributed by atoms with Crippen molar-refractivity contribution in [1.29, 1.82) is 0 Å². The maximum Gasteiger partial charge on any atom is 0.228 e. The van der Waals surface area contributed by atoms with Crippen molar-refractivity contribution < 1.29 is 0 Å². The van der Waals surface area contributed by atoms with Crippen LogP contribution in [0.1, 0.15) is 0 Å². The average Bonchev–Trinajstić information content (AvgIpc) is 2.79. The molecule has 2 aromatic heterocycles. The number of thiophene rings is 1. The Morgan fingerprint density at radius 3 is 2.55 bits per heavy atom. The predicted molar refractivity (Wildman–Crippen MR) is 82.9 cm³/mol. The number of hydrogen-bond acceptors (Lipinski definition) is 6. The average molecular weight is 330 g/mol. The summed E-state index contributed by atoms with van der Waals surface area (Å²) in [6.45, 7) is 3.84. The van der Waals surface area contributed by atoms with Gasteiger partial charge in [0.05, 0.1) is 9.90 Å². The van der Waals surface area contributed by atoms with Crippen LogP contribution in [0.5, 0.6) is 0 Å². The molecule has 1 saturated heterocycles. The van der Waals surface area contributed by atoms with Gasteiger partial charge in [-0.05, 0) is 13.1 Å². The predicted octanol–water partition coefficient (Wildman–Crippen LogP) is 2.66. The van der Waals surface area contributed by atoms with Gasteiger partial charge in [-0.1, -0.05) is 23.2 Å². The van der Waals surface area contributed by atoms with Gasteiger partial charge in [-0.2, -0.15) is 4.98 Å². The zero-order valence-corrected chi connectivity index (χ0v) is 13.2. The molecule has 0 N–H and O–H groups in total. The van der Waals surface area contributed by atoms with E-state index in [1.807, 2.05) is 0 Å². The van der Waals surface area contributed by atoms with Crippen molar-refractivity contribution >= 4 is 40.5 Å². The summed E-state index contributed by atoms with van der Waals surface area (Å²) >= 11 is 13.4. The number of piperazine rings is 1. The molecule has 0 unspecified atom stereocenters. The Morgan fingerprint density at radius 1 is 1.15 bits per heavy atom. The lowest BCUT2D eigenvalue weighted by atomic mass is 10.3. The number of hydrogen-bond donors (Lipinski definition) is 0. The van der Waals surface area contributed by atoms with E-state index in [0.717, 1.165) is 31.7 Å². The molecule has 0 aliphatic carbocycles. The monoisotopic (exact) mass is 329 g/mol. The molecule has 0 radical (unpaired) electrons. The van der Waals surface area contributed by atoms with E-state index >= 15 is 0 Å². The Balaban J connectivity index is 1.88. The first-order valence-corrected chi connectivity index (χ1v) is 7.78. The zero-order valence-electron chi connectivity index (χ0n) is 10.9. The highest BCUT2D eigenvalue weighted by Gasteiger charge is 2.18. The zero-order chi connectivity index (χ0) is 14.1. The van der Waals surface area contributed by atoms with Crippen LogP contribution < -0.4 is 4.90 Å². The molecule has 0 spiro atoms. The van der Waals surface area contributed by atoms with Gasteiger partial charge >= 0.3 is 0 Å². The van der Waals surface area contributed by atoms with E-state index in [0.29, 0.717) is 20.4 Å². The van der Waals surface area contributed by atoms with Gasteiger partial charge in [0, 0.05) is 26.2 Å². The van der Waals surface area contributed by atoms with Crippen LogP contribution in [0.4, 0.5) is 5.95 Å². The van der Waals surface area contributed by atoms with Crippen molar-refractivity contribution in [3.8, 4) is 11.4 Å². The molecule has 3 heterocycles. The van der Waals surface area contributed by atoms with E-state index in [2.05, 4.69) is 31.8 Å². The van der Waals surface area contributed by atoms with Crippen molar-refractivity contribution in [2.24, 2.45) is 0 Å². The Morgan fingerprint density at radius 2 is 1.90 bits per heavy atom. The SMILES string of the molecule is CN1CCN(c2ncnc(-c3cc(Cl)sc3Cl)n2)CC1. The maximum absolute atomic E-state index is 6.15. The third-order valence-electron chi connectivity index (χ3n) is 3.24. The largest absolute Gasteiger partial charge is 0.338 e. The molecule has 0 aromatic carbocycles. The smallest absolute Gasteiger partial charge is 0.228 e. The number of anilines is 1. The molecular formula is C12H13Cl2N5S. The highest BCUT2D eigenvalue weighted by Crippen LogP contribution is 2.36. The van der Waals surface area contributed by atoms with Gasteiger partial charge < -0.3 is 9.80 Å². The standard InChI is InChI=1S/C12H13Cl2N5S/c1-18-2-4-19(5-3-18)12-16-7-15-11(17-12)8-6-9(13)20-10(8)14/h6-7H,2-5H2,1H3. The van der Waals surface area contributed by atoms with E-state index in [1.54, 1.807) is 6.07 Å². The summed E-state index contributed by atoms with van der Waals surface area (Å²) in [7, 11) is 2.11. The normalized spacial score (nSPS) is 16.6. The summed E-state index contributed by atoms with van der Waals surface area (Å²) in [5, 5.41) is 0. The molecule has 1 aliphatic heterocycles. The van der Waals surface area contributed by atoms with Gasteiger partial charge in [-0.3, -0.25) is 0 Å². The highest BCUT2D eigenvalue weighted by atomic mass is 35.5. The minimum Gasteiger partial charge on any atom is -0.338 e. The van der Waals surface area contributed by atoms with Crippen LogP contribution in [0, 0.1) is 0 Å². The van der Waals surface area contributed by atoms with Gasteiger partial charge in [-0.25, -0.2) is 9.97 Å². The van der Waals surface area contributed by atoms with Gasteiger partial charge in [0.1, 0.15) is 10.7 Å². The second kappa shape index (κ2) is 5.81. The third-order valence-corrected chi connectivity index (χ3v) is 4.73. The fourth-order valence-electron chi connectivity index (χ4n) is 2.07. The fourth-order valence-corrected chi connectivity index (χ4v) is 3.52. The molecule has 20 heavy (non-hydrogen) atoms. The third kappa shape index (κ3) is 2.88. The van der Waals surface area contributed by atoms with Crippen molar-refractivity contribution in [2.45, 2.75) is 0 Å². The van der Waals surface area contributed by atoms with Gasteiger partial charge in [0.2, 0.25) is 5.95 Å². The molecule has 0 amide bonds.